The van der Waals surface area contributed by atoms with E-state index in [0.717, 1.165) is 12.1 Å². The molecule has 1 aliphatic rings. The minimum absolute atomic E-state index is 0.158. The van der Waals surface area contributed by atoms with E-state index in [4.69, 9.17) is 4.74 Å². The van der Waals surface area contributed by atoms with Gasteiger partial charge in [-0.3, -0.25) is 4.90 Å². The van der Waals surface area contributed by atoms with Gasteiger partial charge in [0.05, 0.1) is 5.56 Å². The number of carbonyl (C=O) groups is 1. The van der Waals surface area contributed by atoms with Crippen molar-refractivity contribution >= 4 is 6.09 Å². The molecule has 0 aliphatic carbocycles. The fourth-order valence-electron chi connectivity index (χ4n) is 2.93. The van der Waals surface area contributed by atoms with Crippen molar-refractivity contribution in [3.05, 3.63) is 35.1 Å². The summed E-state index contributed by atoms with van der Waals surface area (Å²) in [5.41, 5.74) is -1.33. The summed E-state index contributed by atoms with van der Waals surface area (Å²) in [6.45, 7) is 8.74. The van der Waals surface area contributed by atoms with Gasteiger partial charge in [0.2, 0.25) is 0 Å². The first-order valence-corrected chi connectivity index (χ1v) is 8.44. The highest BCUT2D eigenvalue weighted by molar-refractivity contribution is 5.68. The van der Waals surface area contributed by atoms with E-state index in [9.17, 15) is 22.4 Å². The summed E-state index contributed by atoms with van der Waals surface area (Å²) in [5, 5.41) is 0. The molecule has 0 unspecified atom stereocenters. The maximum Gasteiger partial charge on any atom is 0.416 e. The lowest BCUT2D eigenvalue weighted by atomic mass is 10.1. The van der Waals surface area contributed by atoms with Gasteiger partial charge in [0.1, 0.15) is 11.4 Å². The lowest BCUT2D eigenvalue weighted by Crippen LogP contribution is -2.54. The largest absolute Gasteiger partial charge is 0.444 e. The highest BCUT2D eigenvalue weighted by Crippen LogP contribution is 2.31. The molecule has 0 spiro atoms. The number of amides is 1. The monoisotopic (exact) mass is 376 g/mol. The third-order valence-electron chi connectivity index (χ3n) is 4.03. The standard InChI is InChI=1S/C18H24F4N2O2/c1-12-10-23(5-6-24(12)16(25)26-17(2,3)4)11-13-7-14(18(20,21)22)9-15(19)8-13/h7-9,12H,5-6,10-11H2,1-4H3/t12-/m1/s1. The Kier molecular flexibility index (Phi) is 5.85. The number of ether oxygens (including phenoxy) is 1. The second kappa shape index (κ2) is 7.42. The van der Waals surface area contributed by atoms with Gasteiger partial charge in [-0.25, -0.2) is 9.18 Å². The molecule has 0 radical (unpaired) electrons. The maximum absolute atomic E-state index is 13.5. The van der Waals surface area contributed by atoms with E-state index in [1.54, 1.807) is 25.7 Å². The van der Waals surface area contributed by atoms with Crippen LogP contribution < -0.4 is 0 Å². The summed E-state index contributed by atoms with van der Waals surface area (Å²) in [6, 6.07) is 2.41. The summed E-state index contributed by atoms with van der Waals surface area (Å²) in [4.78, 5) is 15.7. The lowest BCUT2D eigenvalue weighted by molar-refractivity contribution is -0.137. The lowest BCUT2D eigenvalue weighted by Gasteiger charge is -2.40. The van der Waals surface area contributed by atoms with Crippen LogP contribution in [0.25, 0.3) is 0 Å². The summed E-state index contributed by atoms with van der Waals surface area (Å²) in [5.74, 6) is -0.907. The first kappa shape index (κ1) is 20.5. The molecule has 4 nitrogen and oxygen atoms in total. The van der Waals surface area contributed by atoms with E-state index >= 15 is 0 Å². The molecule has 0 aromatic heterocycles. The van der Waals surface area contributed by atoms with Gasteiger partial charge in [-0.15, -0.1) is 0 Å². The molecule has 0 N–H and O–H groups in total. The fraction of sp³-hybridized carbons (Fsp3) is 0.611. The Balaban J connectivity index is 2.02. The molecule has 1 aromatic rings. The second-order valence-corrected chi connectivity index (χ2v) is 7.60. The van der Waals surface area contributed by atoms with Crippen molar-refractivity contribution in [3.8, 4) is 0 Å². The molecule has 0 bridgehead atoms. The number of nitrogens with zero attached hydrogens (tertiary/aromatic N) is 2. The highest BCUT2D eigenvalue weighted by Gasteiger charge is 2.33. The van der Waals surface area contributed by atoms with Crippen LogP contribution in [0.3, 0.4) is 0 Å². The predicted molar refractivity (Wildman–Crippen MR) is 89.1 cm³/mol. The first-order valence-electron chi connectivity index (χ1n) is 8.44. The third-order valence-corrected chi connectivity index (χ3v) is 4.03. The predicted octanol–water partition coefficient (Wildman–Crippen LogP) is 4.29. The zero-order valence-electron chi connectivity index (χ0n) is 15.4. The normalized spacial score (nSPS) is 19.5. The third kappa shape index (κ3) is 5.59. The molecular formula is C18H24F4N2O2. The van der Waals surface area contributed by atoms with Crippen LogP contribution in [0.2, 0.25) is 0 Å². The number of benzene rings is 1. The molecule has 0 saturated carbocycles. The molecule has 1 atom stereocenters. The van der Waals surface area contributed by atoms with Crippen LogP contribution in [-0.4, -0.2) is 47.2 Å². The van der Waals surface area contributed by atoms with Crippen LogP contribution in [0.1, 0.15) is 38.8 Å². The van der Waals surface area contributed by atoms with Crippen molar-refractivity contribution in [2.45, 2.75) is 52.1 Å². The van der Waals surface area contributed by atoms with E-state index in [-0.39, 0.29) is 18.2 Å². The summed E-state index contributed by atoms with van der Waals surface area (Å²) in [7, 11) is 0. The summed E-state index contributed by atoms with van der Waals surface area (Å²) in [6.07, 6.45) is -4.99. The van der Waals surface area contributed by atoms with Gasteiger partial charge in [-0.1, -0.05) is 0 Å². The molecule has 1 amide bonds. The Morgan fingerprint density at radius 2 is 1.85 bits per heavy atom. The SMILES string of the molecule is C[C@@H]1CN(Cc2cc(F)cc(C(F)(F)F)c2)CCN1C(=O)OC(C)(C)C. The molecule has 1 aromatic carbocycles. The molecule has 1 aliphatic heterocycles. The smallest absolute Gasteiger partial charge is 0.416 e. The number of rotatable bonds is 2. The number of carbonyl (C=O) groups excluding carboxylic acids is 1. The van der Waals surface area contributed by atoms with Crippen LogP contribution in [0.4, 0.5) is 22.4 Å². The molecule has 26 heavy (non-hydrogen) atoms. The van der Waals surface area contributed by atoms with Gasteiger partial charge in [-0.05, 0) is 51.5 Å². The van der Waals surface area contributed by atoms with Gasteiger partial charge >= 0.3 is 12.3 Å². The Morgan fingerprint density at radius 3 is 2.38 bits per heavy atom. The molecule has 2 rings (SSSR count). The molecule has 146 valence electrons. The van der Waals surface area contributed by atoms with Crippen LogP contribution in [0.5, 0.6) is 0 Å². The van der Waals surface area contributed by atoms with Crippen LogP contribution in [0, 0.1) is 5.82 Å². The van der Waals surface area contributed by atoms with Crippen LogP contribution in [-0.2, 0) is 17.5 Å². The van der Waals surface area contributed by atoms with Crippen molar-refractivity contribution in [3.63, 3.8) is 0 Å². The van der Waals surface area contributed by atoms with E-state index in [2.05, 4.69) is 0 Å². The van der Waals surface area contributed by atoms with E-state index in [1.807, 2.05) is 11.8 Å². The zero-order chi connectivity index (χ0) is 19.7. The van der Waals surface area contributed by atoms with Crippen molar-refractivity contribution in [2.75, 3.05) is 19.6 Å². The van der Waals surface area contributed by atoms with Crippen LogP contribution in [0.15, 0.2) is 18.2 Å². The topological polar surface area (TPSA) is 32.8 Å². The number of hydrogen-bond acceptors (Lipinski definition) is 3. The Morgan fingerprint density at radius 1 is 1.19 bits per heavy atom. The second-order valence-electron chi connectivity index (χ2n) is 7.60. The van der Waals surface area contributed by atoms with Crippen molar-refractivity contribution in [1.82, 2.24) is 9.80 Å². The van der Waals surface area contributed by atoms with E-state index in [1.165, 1.54) is 0 Å². The van der Waals surface area contributed by atoms with Crippen LogP contribution >= 0.6 is 0 Å². The van der Waals surface area contributed by atoms with Crippen molar-refractivity contribution in [1.29, 1.82) is 0 Å². The summed E-state index contributed by atoms with van der Waals surface area (Å²) < 4.78 is 57.4. The molecular weight excluding hydrogens is 352 g/mol. The fourth-order valence-corrected chi connectivity index (χ4v) is 2.93. The average molecular weight is 376 g/mol. The average Bonchev–Trinajstić information content (AvgIpc) is 2.43. The molecule has 1 heterocycles. The summed E-state index contributed by atoms with van der Waals surface area (Å²) >= 11 is 0. The number of halogens is 4. The van der Waals surface area contributed by atoms with Gasteiger partial charge in [0, 0.05) is 32.2 Å². The number of hydrogen-bond donors (Lipinski definition) is 0. The maximum atomic E-state index is 13.5. The van der Waals surface area contributed by atoms with Gasteiger partial charge < -0.3 is 9.64 Å². The minimum Gasteiger partial charge on any atom is -0.444 e. The van der Waals surface area contributed by atoms with Gasteiger partial charge in [0.15, 0.2) is 0 Å². The Labute approximate surface area is 150 Å². The number of piperazine rings is 1. The highest BCUT2D eigenvalue weighted by atomic mass is 19.4. The van der Waals surface area contributed by atoms with Gasteiger partial charge in [-0.2, -0.15) is 13.2 Å². The van der Waals surface area contributed by atoms with E-state index < -0.39 is 29.3 Å². The zero-order valence-corrected chi connectivity index (χ0v) is 15.4. The Bertz CT molecular complexity index is 656. The van der Waals surface area contributed by atoms with Gasteiger partial charge in [0.25, 0.3) is 0 Å². The quantitative estimate of drug-likeness (QED) is 0.722. The Hall–Kier alpha value is -1.83. The molecule has 1 saturated heterocycles. The first-order chi connectivity index (χ1) is 11.8. The van der Waals surface area contributed by atoms with E-state index in [0.29, 0.717) is 25.7 Å². The van der Waals surface area contributed by atoms with Crippen molar-refractivity contribution < 1.29 is 27.1 Å². The molecule has 8 heteroatoms. The minimum atomic E-state index is -4.58. The number of alkyl halides is 3. The van der Waals surface area contributed by atoms with Crippen molar-refractivity contribution in [2.24, 2.45) is 0 Å². The molecule has 1 fully saturated rings.